The summed E-state index contributed by atoms with van der Waals surface area (Å²) in [6.07, 6.45) is 3.58. The Labute approximate surface area is 255 Å². The zero-order valence-electron chi connectivity index (χ0n) is 26.3. The third-order valence-electron chi connectivity index (χ3n) is 9.01. The monoisotopic (exact) mass is 587 g/mol. The number of rotatable bonds is 9. The number of hydrogen-bond acceptors (Lipinski definition) is 7. The van der Waals surface area contributed by atoms with Crippen LogP contribution in [0.15, 0.2) is 48.5 Å². The van der Waals surface area contributed by atoms with E-state index in [9.17, 15) is 4.79 Å². The van der Waals surface area contributed by atoms with Crippen LogP contribution in [0.3, 0.4) is 0 Å². The van der Waals surface area contributed by atoms with E-state index in [0.717, 1.165) is 65.5 Å². The van der Waals surface area contributed by atoms with Gasteiger partial charge in [-0.3, -0.25) is 4.79 Å². The Kier molecular flexibility index (Phi) is 9.65. The first kappa shape index (κ1) is 30.5. The third-order valence-corrected chi connectivity index (χ3v) is 9.01. The molecule has 43 heavy (non-hydrogen) atoms. The van der Waals surface area contributed by atoms with E-state index >= 15 is 0 Å². The first-order valence-electron chi connectivity index (χ1n) is 15.3. The number of hydrogen-bond donors (Lipinski definition) is 2. The molecule has 1 atom stereocenters. The van der Waals surface area contributed by atoms with Crippen LogP contribution in [0.1, 0.15) is 50.2 Å². The van der Waals surface area contributed by atoms with E-state index in [2.05, 4.69) is 35.4 Å². The second-order valence-corrected chi connectivity index (χ2v) is 11.7. The van der Waals surface area contributed by atoms with Gasteiger partial charge in [-0.15, -0.1) is 0 Å². The van der Waals surface area contributed by atoms with Crippen molar-refractivity contribution in [3.8, 4) is 34.1 Å². The SMILES string of the molecule is COc1ccc(-c2c3c(cc(OC)c2OC)NCC(C(=O)Nc2ccc(OC)c(C4CCN(C(C)C)CC4)c2)CC3)cc1. The summed E-state index contributed by atoms with van der Waals surface area (Å²) >= 11 is 0. The normalized spacial score (nSPS) is 17.4. The summed E-state index contributed by atoms with van der Waals surface area (Å²) in [6.45, 7) is 7.18. The van der Waals surface area contributed by atoms with Gasteiger partial charge in [0.2, 0.25) is 5.91 Å². The van der Waals surface area contributed by atoms with Crippen molar-refractivity contribution >= 4 is 17.3 Å². The summed E-state index contributed by atoms with van der Waals surface area (Å²) in [7, 11) is 6.69. The van der Waals surface area contributed by atoms with Crippen LogP contribution in [-0.4, -0.2) is 64.9 Å². The lowest BCUT2D eigenvalue weighted by atomic mass is 9.88. The number of likely N-dealkylation sites (tertiary alicyclic amines) is 1. The molecule has 1 fully saturated rings. The molecule has 8 heteroatoms. The highest BCUT2D eigenvalue weighted by Crippen LogP contribution is 2.46. The van der Waals surface area contributed by atoms with Gasteiger partial charge in [-0.2, -0.15) is 0 Å². The van der Waals surface area contributed by atoms with Crippen LogP contribution >= 0.6 is 0 Å². The second kappa shape index (κ2) is 13.6. The Balaban J connectivity index is 1.35. The number of nitrogens with one attached hydrogen (secondary N) is 2. The summed E-state index contributed by atoms with van der Waals surface area (Å²) in [5.74, 6) is 3.21. The largest absolute Gasteiger partial charge is 0.497 e. The van der Waals surface area contributed by atoms with Gasteiger partial charge in [0, 0.05) is 35.6 Å². The Morgan fingerprint density at radius 2 is 1.60 bits per heavy atom. The molecule has 1 unspecified atom stereocenters. The highest BCUT2D eigenvalue weighted by Gasteiger charge is 2.29. The van der Waals surface area contributed by atoms with Crippen LogP contribution in [0.5, 0.6) is 23.0 Å². The van der Waals surface area contributed by atoms with Gasteiger partial charge in [0.25, 0.3) is 0 Å². The number of ether oxygens (including phenoxy) is 4. The molecule has 0 aromatic heterocycles. The molecule has 3 aromatic rings. The van der Waals surface area contributed by atoms with E-state index in [-0.39, 0.29) is 11.8 Å². The minimum atomic E-state index is -0.215. The predicted octanol–water partition coefficient (Wildman–Crippen LogP) is 6.59. The van der Waals surface area contributed by atoms with Crippen molar-refractivity contribution < 1.29 is 23.7 Å². The van der Waals surface area contributed by atoms with Crippen molar-refractivity contribution in [3.05, 3.63) is 59.7 Å². The number of carbonyl (C=O) groups is 1. The highest BCUT2D eigenvalue weighted by atomic mass is 16.5. The number of amides is 1. The summed E-state index contributed by atoms with van der Waals surface area (Å²) in [6, 6.07) is 16.5. The number of anilines is 2. The number of fused-ring (bicyclic) bond motifs is 1. The molecule has 0 spiro atoms. The van der Waals surface area contributed by atoms with E-state index in [4.69, 9.17) is 18.9 Å². The quantitative estimate of drug-likeness (QED) is 0.292. The first-order valence-corrected chi connectivity index (χ1v) is 15.3. The van der Waals surface area contributed by atoms with Gasteiger partial charge in [-0.25, -0.2) is 0 Å². The zero-order chi connectivity index (χ0) is 30.5. The second-order valence-electron chi connectivity index (χ2n) is 11.7. The van der Waals surface area contributed by atoms with Crippen LogP contribution < -0.4 is 29.6 Å². The van der Waals surface area contributed by atoms with Gasteiger partial charge >= 0.3 is 0 Å². The van der Waals surface area contributed by atoms with Gasteiger partial charge in [0.05, 0.1) is 34.4 Å². The average molecular weight is 588 g/mol. The third kappa shape index (κ3) is 6.54. The molecular formula is C35H45N3O5. The van der Waals surface area contributed by atoms with Gasteiger partial charge in [-0.05, 0) is 106 Å². The number of carbonyl (C=O) groups excluding carboxylic acids is 1. The maximum Gasteiger partial charge on any atom is 0.229 e. The fourth-order valence-electron chi connectivity index (χ4n) is 6.49. The fourth-order valence-corrected chi connectivity index (χ4v) is 6.49. The molecule has 0 saturated carbocycles. The smallest absolute Gasteiger partial charge is 0.229 e. The van der Waals surface area contributed by atoms with Crippen LogP contribution in [-0.2, 0) is 11.2 Å². The van der Waals surface area contributed by atoms with Crippen molar-refractivity contribution in [2.45, 2.75) is 51.5 Å². The van der Waals surface area contributed by atoms with E-state index in [0.29, 0.717) is 42.8 Å². The summed E-state index contributed by atoms with van der Waals surface area (Å²) in [5, 5.41) is 6.77. The molecule has 2 aliphatic heterocycles. The molecule has 1 amide bonds. The molecule has 1 saturated heterocycles. The fraction of sp³-hybridized carbons (Fsp3) is 0.457. The Morgan fingerprint density at radius 3 is 2.23 bits per heavy atom. The lowest BCUT2D eigenvalue weighted by Crippen LogP contribution is -2.37. The topological polar surface area (TPSA) is 81.3 Å². The zero-order valence-corrected chi connectivity index (χ0v) is 26.3. The lowest BCUT2D eigenvalue weighted by molar-refractivity contribution is -0.119. The minimum absolute atomic E-state index is 0.0102. The highest BCUT2D eigenvalue weighted by molar-refractivity contribution is 5.93. The van der Waals surface area contributed by atoms with E-state index in [1.807, 2.05) is 42.5 Å². The standard InChI is InChI=1S/C35H45N3O5/c1-22(2)38-17-15-23(16-18-38)29-19-26(10-14-31(29)41-4)37-35(39)25-9-13-28-30(36-21-25)20-32(42-5)34(43-6)33(28)24-7-11-27(40-3)12-8-24/h7-8,10-12,14,19-20,22-23,25,36H,9,13,15-18,21H2,1-6H3,(H,37,39). The molecule has 0 radical (unpaired) electrons. The van der Waals surface area contributed by atoms with E-state index in [1.165, 1.54) is 5.56 Å². The molecule has 8 nitrogen and oxygen atoms in total. The Morgan fingerprint density at radius 1 is 0.884 bits per heavy atom. The molecule has 5 rings (SSSR count). The molecule has 230 valence electrons. The van der Waals surface area contributed by atoms with Gasteiger partial charge < -0.3 is 34.5 Å². The summed E-state index contributed by atoms with van der Waals surface area (Å²) in [5.41, 5.74) is 6.03. The number of nitrogens with zero attached hydrogens (tertiary/aromatic N) is 1. The number of piperidine rings is 1. The molecule has 2 aliphatic rings. The maximum atomic E-state index is 13.7. The van der Waals surface area contributed by atoms with Gasteiger partial charge in [-0.1, -0.05) is 12.1 Å². The van der Waals surface area contributed by atoms with Gasteiger partial charge in [0.1, 0.15) is 11.5 Å². The molecule has 2 heterocycles. The van der Waals surface area contributed by atoms with Crippen LogP contribution in [0.25, 0.3) is 11.1 Å². The molecule has 2 N–H and O–H groups in total. The molecule has 0 bridgehead atoms. The van der Waals surface area contributed by atoms with Crippen molar-refractivity contribution in [1.29, 1.82) is 0 Å². The van der Waals surface area contributed by atoms with Crippen molar-refractivity contribution in [3.63, 3.8) is 0 Å². The molecular weight excluding hydrogens is 542 g/mol. The average Bonchev–Trinajstić information content (AvgIpc) is 3.26. The summed E-state index contributed by atoms with van der Waals surface area (Å²) < 4.78 is 22.7. The maximum absolute atomic E-state index is 13.7. The molecule has 3 aromatic carbocycles. The predicted molar refractivity (Wildman–Crippen MR) is 172 cm³/mol. The Bertz CT molecular complexity index is 1410. The molecule has 0 aliphatic carbocycles. The first-order chi connectivity index (χ1) is 20.9. The number of benzene rings is 3. The van der Waals surface area contributed by atoms with Crippen molar-refractivity contribution in [2.24, 2.45) is 5.92 Å². The van der Waals surface area contributed by atoms with Crippen LogP contribution in [0.4, 0.5) is 11.4 Å². The van der Waals surface area contributed by atoms with E-state index < -0.39 is 0 Å². The van der Waals surface area contributed by atoms with Crippen LogP contribution in [0, 0.1) is 5.92 Å². The minimum Gasteiger partial charge on any atom is -0.497 e. The Hall–Kier alpha value is -3.91. The number of methoxy groups -OCH3 is 4. The van der Waals surface area contributed by atoms with Crippen molar-refractivity contribution in [2.75, 3.05) is 58.7 Å². The van der Waals surface area contributed by atoms with E-state index in [1.54, 1.807) is 28.4 Å². The summed E-state index contributed by atoms with van der Waals surface area (Å²) in [4.78, 5) is 16.2. The van der Waals surface area contributed by atoms with Crippen molar-refractivity contribution in [1.82, 2.24) is 4.90 Å². The van der Waals surface area contributed by atoms with Gasteiger partial charge in [0.15, 0.2) is 11.5 Å². The van der Waals surface area contributed by atoms with Crippen LogP contribution in [0.2, 0.25) is 0 Å². The lowest BCUT2D eigenvalue weighted by Gasteiger charge is -2.35.